The zero-order valence-electron chi connectivity index (χ0n) is 19.6. The minimum Gasteiger partial charge on any atom is -0.345 e. The lowest BCUT2D eigenvalue weighted by Gasteiger charge is -2.50. The summed E-state index contributed by atoms with van der Waals surface area (Å²) in [4.78, 5) is 14.7. The van der Waals surface area contributed by atoms with Crippen molar-refractivity contribution < 1.29 is 4.79 Å². The maximum Gasteiger partial charge on any atom is 0.222 e. The second-order valence-corrected chi connectivity index (χ2v) is 11.4. The molecule has 2 fully saturated rings. The van der Waals surface area contributed by atoms with Gasteiger partial charge in [-0.2, -0.15) is 5.10 Å². The summed E-state index contributed by atoms with van der Waals surface area (Å²) >= 11 is 0. The number of carbonyl (C=O) groups excluding carboxylic acids is 1. The zero-order chi connectivity index (χ0) is 21.9. The number of aromatic nitrogens is 2. The van der Waals surface area contributed by atoms with Crippen LogP contribution in [0.2, 0.25) is 0 Å². The average Bonchev–Trinajstić information content (AvgIpc) is 3.40. The highest BCUT2D eigenvalue weighted by molar-refractivity contribution is 5.75. The Morgan fingerprint density at radius 2 is 2.03 bits per heavy atom. The van der Waals surface area contributed by atoms with Crippen LogP contribution in [-0.4, -0.2) is 34.6 Å². The first-order chi connectivity index (χ1) is 15.6. The number of H-pyrrole nitrogens is 1. The van der Waals surface area contributed by atoms with Gasteiger partial charge < -0.3 is 4.90 Å². The summed E-state index contributed by atoms with van der Waals surface area (Å²) in [6, 6.07) is 9.18. The van der Waals surface area contributed by atoms with E-state index in [4.69, 9.17) is 5.10 Å². The Kier molecular flexibility index (Phi) is 4.96. The third-order valence-electron chi connectivity index (χ3n) is 9.49. The van der Waals surface area contributed by atoms with Crippen LogP contribution >= 0.6 is 0 Å². The number of carbonyl (C=O) groups is 1. The molecule has 4 heteroatoms. The van der Waals surface area contributed by atoms with Crippen molar-refractivity contribution in [2.45, 2.75) is 82.0 Å². The number of fused-ring (bicyclic) bond motifs is 7. The summed E-state index contributed by atoms with van der Waals surface area (Å²) in [5, 5.41) is 7.99. The van der Waals surface area contributed by atoms with Crippen LogP contribution in [0.4, 0.5) is 0 Å². The molecule has 0 saturated heterocycles. The van der Waals surface area contributed by atoms with Crippen LogP contribution in [0.15, 0.2) is 30.5 Å². The molecule has 32 heavy (non-hydrogen) atoms. The van der Waals surface area contributed by atoms with Crippen molar-refractivity contribution in [2.75, 3.05) is 13.6 Å². The summed E-state index contributed by atoms with van der Waals surface area (Å²) in [5.74, 6) is 3.71. The summed E-state index contributed by atoms with van der Waals surface area (Å²) in [6.45, 7) is 3.45. The van der Waals surface area contributed by atoms with E-state index in [0.29, 0.717) is 30.1 Å². The number of rotatable bonds is 6. The standard InChI is InChI=1S/C28H37N3O/c1-28-15-14-21-20-7-4-3-6-19(20)12-13-23(21)26(28)22(24-16-29-30-27(24)28)8-5-9-25(32)31(2)17-18-10-11-18/h3-4,6-7,16,18,21-23,26H,5,8-15,17H2,1-2H3,(H,29,30)/t21?,22-,23?,26?,28+/m1/s1. The third kappa shape index (κ3) is 3.24. The van der Waals surface area contributed by atoms with E-state index < -0.39 is 0 Å². The van der Waals surface area contributed by atoms with E-state index in [1.807, 2.05) is 11.9 Å². The predicted molar refractivity (Wildman–Crippen MR) is 127 cm³/mol. The van der Waals surface area contributed by atoms with Gasteiger partial charge in [0.2, 0.25) is 5.91 Å². The van der Waals surface area contributed by atoms with Crippen molar-refractivity contribution in [3.8, 4) is 0 Å². The average molecular weight is 432 g/mol. The van der Waals surface area contributed by atoms with E-state index in [1.54, 1.807) is 11.1 Å². The van der Waals surface area contributed by atoms with E-state index in [9.17, 15) is 4.79 Å². The van der Waals surface area contributed by atoms with Gasteiger partial charge in [-0.15, -0.1) is 0 Å². The number of aromatic amines is 1. The van der Waals surface area contributed by atoms with Gasteiger partial charge in [-0.05, 0) is 97.6 Å². The Morgan fingerprint density at radius 3 is 2.88 bits per heavy atom. The lowest BCUT2D eigenvalue weighted by molar-refractivity contribution is -0.130. The number of nitrogens with zero attached hydrogens (tertiary/aromatic N) is 2. The summed E-state index contributed by atoms with van der Waals surface area (Å²) in [7, 11) is 1.99. The van der Waals surface area contributed by atoms with Crippen LogP contribution in [0.3, 0.4) is 0 Å². The summed E-state index contributed by atoms with van der Waals surface area (Å²) < 4.78 is 0. The number of amides is 1. The molecule has 4 aliphatic rings. The highest BCUT2D eigenvalue weighted by Crippen LogP contribution is 2.64. The first kappa shape index (κ1) is 20.5. The molecule has 1 N–H and O–H groups in total. The van der Waals surface area contributed by atoms with E-state index in [1.165, 1.54) is 49.8 Å². The highest BCUT2D eigenvalue weighted by Gasteiger charge is 2.57. The van der Waals surface area contributed by atoms with Crippen molar-refractivity contribution in [1.29, 1.82) is 0 Å². The van der Waals surface area contributed by atoms with Crippen LogP contribution < -0.4 is 0 Å². The fourth-order valence-corrected chi connectivity index (χ4v) is 7.81. The number of aryl methyl sites for hydroxylation is 1. The number of hydrogen-bond donors (Lipinski definition) is 1. The summed E-state index contributed by atoms with van der Waals surface area (Å²) in [6.07, 6.45) is 12.6. The summed E-state index contributed by atoms with van der Waals surface area (Å²) in [5.41, 5.74) is 6.17. The van der Waals surface area contributed by atoms with Gasteiger partial charge in [-0.3, -0.25) is 9.89 Å². The number of nitrogens with one attached hydrogen (secondary N) is 1. The molecule has 1 aromatic carbocycles. The van der Waals surface area contributed by atoms with Crippen LogP contribution in [0.5, 0.6) is 0 Å². The molecule has 0 bridgehead atoms. The first-order valence-electron chi connectivity index (χ1n) is 12.9. The third-order valence-corrected chi connectivity index (χ3v) is 9.49. The quantitative estimate of drug-likeness (QED) is 0.651. The van der Waals surface area contributed by atoms with Crippen LogP contribution in [-0.2, 0) is 16.6 Å². The Morgan fingerprint density at radius 1 is 1.19 bits per heavy atom. The molecule has 4 nitrogen and oxygen atoms in total. The van der Waals surface area contributed by atoms with Crippen LogP contribution in [0, 0.1) is 17.8 Å². The topological polar surface area (TPSA) is 49.0 Å². The molecule has 170 valence electrons. The first-order valence-corrected chi connectivity index (χ1v) is 12.9. The van der Waals surface area contributed by atoms with Crippen molar-refractivity contribution in [1.82, 2.24) is 15.1 Å². The van der Waals surface area contributed by atoms with E-state index >= 15 is 0 Å². The molecule has 0 spiro atoms. The van der Waals surface area contributed by atoms with Gasteiger partial charge in [0.15, 0.2) is 0 Å². The molecule has 1 heterocycles. The van der Waals surface area contributed by atoms with Gasteiger partial charge in [0.1, 0.15) is 0 Å². The normalized spacial score (nSPS) is 32.6. The molecule has 2 aromatic rings. The molecule has 4 aliphatic carbocycles. The van der Waals surface area contributed by atoms with E-state index in [-0.39, 0.29) is 5.41 Å². The van der Waals surface area contributed by atoms with Crippen LogP contribution in [0.1, 0.15) is 92.5 Å². The Bertz CT molecular complexity index is 1010. The van der Waals surface area contributed by atoms with Crippen molar-refractivity contribution >= 4 is 5.91 Å². The van der Waals surface area contributed by atoms with Gasteiger partial charge in [-0.25, -0.2) is 0 Å². The van der Waals surface area contributed by atoms with Gasteiger partial charge in [0.25, 0.3) is 0 Å². The maximum absolute atomic E-state index is 12.7. The zero-order valence-corrected chi connectivity index (χ0v) is 19.6. The Hall–Kier alpha value is -2.10. The van der Waals surface area contributed by atoms with Crippen LogP contribution in [0.25, 0.3) is 0 Å². The van der Waals surface area contributed by atoms with Gasteiger partial charge in [0, 0.05) is 31.6 Å². The minimum absolute atomic E-state index is 0.181. The molecule has 3 unspecified atom stereocenters. The lowest BCUT2D eigenvalue weighted by atomic mass is 9.53. The molecular weight excluding hydrogens is 394 g/mol. The second kappa shape index (κ2) is 7.74. The Balaban J connectivity index is 1.22. The predicted octanol–water partition coefficient (Wildman–Crippen LogP) is 5.56. The smallest absolute Gasteiger partial charge is 0.222 e. The fourth-order valence-electron chi connectivity index (χ4n) is 7.81. The molecular formula is C28H37N3O. The number of hydrogen-bond acceptors (Lipinski definition) is 2. The van der Waals surface area contributed by atoms with Crippen molar-refractivity contribution in [2.24, 2.45) is 17.8 Å². The molecule has 0 radical (unpaired) electrons. The van der Waals surface area contributed by atoms with Crippen molar-refractivity contribution in [3.63, 3.8) is 0 Å². The number of benzene rings is 1. The highest BCUT2D eigenvalue weighted by atomic mass is 16.2. The Labute approximate surface area is 192 Å². The van der Waals surface area contributed by atoms with E-state index in [0.717, 1.165) is 31.2 Å². The molecule has 6 rings (SSSR count). The van der Waals surface area contributed by atoms with Gasteiger partial charge in [0.05, 0.1) is 5.69 Å². The molecule has 1 aromatic heterocycles. The molecule has 5 atom stereocenters. The molecule has 1 amide bonds. The second-order valence-electron chi connectivity index (χ2n) is 11.4. The molecule has 0 aliphatic heterocycles. The monoisotopic (exact) mass is 431 g/mol. The maximum atomic E-state index is 12.7. The lowest BCUT2D eigenvalue weighted by Crippen LogP contribution is -2.44. The molecule has 2 saturated carbocycles. The van der Waals surface area contributed by atoms with E-state index in [2.05, 4.69) is 42.5 Å². The SMILES string of the molecule is CN(CC1CC1)C(=O)CCC[C@@H]1c2c[nH]nc2[C@@]2(C)CCC3c4ccccc4CCC3C12. The van der Waals surface area contributed by atoms with Gasteiger partial charge >= 0.3 is 0 Å². The van der Waals surface area contributed by atoms with Crippen molar-refractivity contribution in [3.05, 3.63) is 52.8 Å². The van der Waals surface area contributed by atoms with Gasteiger partial charge in [-0.1, -0.05) is 31.2 Å². The minimum atomic E-state index is 0.181. The fraction of sp³-hybridized carbons (Fsp3) is 0.643. The largest absolute Gasteiger partial charge is 0.345 e.